The van der Waals surface area contributed by atoms with Gasteiger partial charge in [0.2, 0.25) is 11.8 Å². The fraction of sp³-hybridized carbons (Fsp3) is 0.474. The number of rotatable bonds is 5. The minimum absolute atomic E-state index is 0.00597. The lowest BCUT2D eigenvalue weighted by Crippen LogP contribution is -2.52. The zero-order chi connectivity index (χ0) is 17.2. The van der Waals surface area contributed by atoms with Gasteiger partial charge in [0.15, 0.2) is 0 Å². The van der Waals surface area contributed by atoms with Crippen LogP contribution in [0.15, 0.2) is 30.5 Å². The molecule has 2 fully saturated rings. The molecular weight excluding hydrogens is 318 g/mol. The summed E-state index contributed by atoms with van der Waals surface area (Å²) >= 11 is 0. The van der Waals surface area contributed by atoms with Crippen LogP contribution < -0.4 is 5.32 Å². The van der Waals surface area contributed by atoms with Gasteiger partial charge in [0.1, 0.15) is 6.04 Å². The van der Waals surface area contributed by atoms with E-state index >= 15 is 0 Å². The number of amides is 2. The van der Waals surface area contributed by atoms with E-state index in [1.165, 1.54) is 0 Å². The minimum Gasteiger partial charge on any atom is -0.378 e. The van der Waals surface area contributed by atoms with E-state index in [4.69, 9.17) is 4.74 Å². The van der Waals surface area contributed by atoms with Crippen molar-refractivity contribution in [2.45, 2.75) is 25.3 Å². The SMILES string of the molecule is O=C(N[C@@H](Cc1c[nH]c2ccccc12)C(=O)N1CCOCC1)C1CC1. The van der Waals surface area contributed by atoms with Crippen molar-refractivity contribution in [1.82, 2.24) is 15.2 Å². The molecule has 6 heteroatoms. The van der Waals surface area contributed by atoms with E-state index < -0.39 is 6.04 Å². The molecule has 2 aliphatic rings. The van der Waals surface area contributed by atoms with Crippen LogP contribution in [0.25, 0.3) is 10.9 Å². The number of carbonyl (C=O) groups is 2. The van der Waals surface area contributed by atoms with Crippen LogP contribution in [0.4, 0.5) is 0 Å². The fourth-order valence-corrected chi connectivity index (χ4v) is 3.36. The van der Waals surface area contributed by atoms with E-state index in [1.807, 2.05) is 30.5 Å². The molecule has 2 amide bonds. The lowest BCUT2D eigenvalue weighted by atomic mass is 10.0. The van der Waals surface area contributed by atoms with E-state index in [1.54, 1.807) is 4.90 Å². The summed E-state index contributed by atoms with van der Waals surface area (Å²) in [6.07, 6.45) is 4.29. The van der Waals surface area contributed by atoms with Gasteiger partial charge in [0, 0.05) is 42.5 Å². The molecule has 1 atom stereocenters. The summed E-state index contributed by atoms with van der Waals surface area (Å²) in [5, 5.41) is 4.09. The molecule has 132 valence electrons. The maximum absolute atomic E-state index is 13.0. The number of hydrogen-bond donors (Lipinski definition) is 2. The normalized spacial score (nSPS) is 19.0. The third-order valence-electron chi connectivity index (χ3n) is 4.98. The Morgan fingerprint density at radius 1 is 1.24 bits per heavy atom. The molecule has 25 heavy (non-hydrogen) atoms. The number of ether oxygens (including phenoxy) is 1. The maximum atomic E-state index is 13.0. The number of H-pyrrole nitrogens is 1. The largest absolute Gasteiger partial charge is 0.378 e. The number of nitrogens with zero attached hydrogens (tertiary/aromatic N) is 1. The molecule has 1 aliphatic heterocycles. The Bertz CT molecular complexity index is 775. The van der Waals surface area contributed by atoms with Crippen molar-refractivity contribution < 1.29 is 14.3 Å². The predicted octanol–water partition coefficient (Wildman–Crippen LogP) is 1.46. The van der Waals surface area contributed by atoms with Crippen LogP contribution in [0, 0.1) is 5.92 Å². The number of nitrogens with one attached hydrogen (secondary N) is 2. The molecule has 4 rings (SSSR count). The Hall–Kier alpha value is -2.34. The number of para-hydroxylation sites is 1. The lowest BCUT2D eigenvalue weighted by molar-refractivity contribution is -0.140. The van der Waals surface area contributed by atoms with Gasteiger partial charge in [-0.05, 0) is 24.5 Å². The molecular formula is C19H23N3O3. The van der Waals surface area contributed by atoms with E-state index in [2.05, 4.69) is 10.3 Å². The van der Waals surface area contributed by atoms with Crippen molar-refractivity contribution in [3.63, 3.8) is 0 Å². The third-order valence-corrected chi connectivity index (χ3v) is 4.98. The molecule has 1 saturated carbocycles. The van der Waals surface area contributed by atoms with E-state index in [0.717, 1.165) is 29.3 Å². The van der Waals surface area contributed by atoms with Crippen LogP contribution >= 0.6 is 0 Å². The number of morpholine rings is 1. The molecule has 1 aromatic carbocycles. The highest BCUT2D eigenvalue weighted by Crippen LogP contribution is 2.29. The molecule has 0 bridgehead atoms. The molecule has 1 aliphatic carbocycles. The highest BCUT2D eigenvalue weighted by Gasteiger charge is 2.34. The van der Waals surface area contributed by atoms with Crippen molar-refractivity contribution in [1.29, 1.82) is 0 Å². The first-order chi connectivity index (χ1) is 12.2. The summed E-state index contributed by atoms with van der Waals surface area (Å²) in [5.41, 5.74) is 2.10. The molecule has 0 unspecified atom stereocenters. The number of hydrogen-bond acceptors (Lipinski definition) is 3. The molecule has 2 aromatic rings. The van der Waals surface area contributed by atoms with E-state index in [0.29, 0.717) is 32.7 Å². The molecule has 6 nitrogen and oxygen atoms in total. The first-order valence-corrected chi connectivity index (χ1v) is 8.94. The Labute approximate surface area is 146 Å². The van der Waals surface area contributed by atoms with Crippen molar-refractivity contribution in [2.75, 3.05) is 26.3 Å². The number of fused-ring (bicyclic) bond motifs is 1. The van der Waals surface area contributed by atoms with Crippen LogP contribution in [-0.4, -0.2) is 54.0 Å². The van der Waals surface area contributed by atoms with Gasteiger partial charge < -0.3 is 19.9 Å². The van der Waals surface area contributed by atoms with Crippen LogP contribution in [0.2, 0.25) is 0 Å². The molecule has 2 heterocycles. The van der Waals surface area contributed by atoms with Gasteiger partial charge in [-0.25, -0.2) is 0 Å². The fourth-order valence-electron chi connectivity index (χ4n) is 3.36. The molecule has 0 spiro atoms. The van der Waals surface area contributed by atoms with Crippen LogP contribution in [0.5, 0.6) is 0 Å². The smallest absolute Gasteiger partial charge is 0.245 e. The van der Waals surface area contributed by atoms with Gasteiger partial charge in [-0.1, -0.05) is 18.2 Å². The second-order valence-corrected chi connectivity index (χ2v) is 6.84. The molecule has 1 aromatic heterocycles. The summed E-state index contributed by atoms with van der Waals surface area (Å²) in [6.45, 7) is 2.29. The topological polar surface area (TPSA) is 74.4 Å². The summed E-state index contributed by atoms with van der Waals surface area (Å²) < 4.78 is 5.34. The average Bonchev–Trinajstić information content (AvgIpc) is 3.43. The molecule has 2 N–H and O–H groups in total. The highest BCUT2D eigenvalue weighted by molar-refractivity contribution is 5.91. The zero-order valence-electron chi connectivity index (χ0n) is 14.2. The summed E-state index contributed by atoms with van der Waals surface area (Å²) in [7, 11) is 0. The second-order valence-electron chi connectivity index (χ2n) is 6.84. The van der Waals surface area contributed by atoms with Gasteiger partial charge in [0.25, 0.3) is 0 Å². The van der Waals surface area contributed by atoms with Gasteiger partial charge in [-0.15, -0.1) is 0 Å². The molecule has 0 radical (unpaired) electrons. The quantitative estimate of drug-likeness (QED) is 0.865. The number of aromatic amines is 1. The Morgan fingerprint density at radius 3 is 2.76 bits per heavy atom. The first-order valence-electron chi connectivity index (χ1n) is 8.94. The standard InChI is InChI=1S/C19H23N3O3/c23-18(13-5-6-13)21-17(19(24)22-7-9-25-10-8-22)11-14-12-20-16-4-2-1-3-15(14)16/h1-4,12-13,17,20H,5-11H2,(H,21,23)/t17-/m0/s1. The minimum atomic E-state index is -0.523. The monoisotopic (exact) mass is 341 g/mol. The van der Waals surface area contributed by atoms with Gasteiger partial charge >= 0.3 is 0 Å². The van der Waals surface area contributed by atoms with E-state index in [9.17, 15) is 9.59 Å². The lowest BCUT2D eigenvalue weighted by Gasteiger charge is -2.30. The van der Waals surface area contributed by atoms with Gasteiger partial charge in [-0.2, -0.15) is 0 Å². The predicted molar refractivity (Wildman–Crippen MR) is 94.1 cm³/mol. The maximum Gasteiger partial charge on any atom is 0.245 e. The van der Waals surface area contributed by atoms with Gasteiger partial charge in [0.05, 0.1) is 13.2 Å². The third kappa shape index (κ3) is 3.54. The van der Waals surface area contributed by atoms with Crippen LogP contribution in [0.3, 0.4) is 0 Å². The van der Waals surface area contributed by atoms with Crippen molar-refractivity contribution >= 4 is 22.7 Å². The van der Waals surface area contributed by atoms with Crippen molar-refractivity contribution in [3.05, 3.63) is 36.0 Å². The van der Waals surface area contributed by atoms with Crippen molar-refractivity contribution in [3.8, 4) is 0 Å². The highest BCUT2D eigenvalue weighted by atomic mass is 16.5. The van der Waals surface area contributed by atoms with Gasteiger partial charge in [-0.3, -0.25) is 9.59 Å². The first kappa shape index (κ1) is 16.1. The average molecular weight is 341 g/mol. The summed E-state index contributed by atoms with van der Waals surface area (Å²) in [4.78, 5) is 30.3. The second kappa shape index (κ2) is 6.88. The van der Waals surface area contributed by atoms with Crippen molar-refractivity contribution in [2.24, 2.45) is 5.92 Å². The Morgan fingerprint density at radius 2 is 2.00 bits per heavy atom. The number of carbonyl (C=O) groups excluding carboxylic acids is 2. The number of aromatic nitrogens is 1. The zero-order valence-corrected chi connectivity index (χ0v) is 14.2. The van der Waals surface area contributed by atoms with Crippen LogP contribution in [0.1, 0.15) is 18.4 Å². The van der Waals surface area contributed by atoms with Crippen LogP contribution in [-0.2, 0) is 20.7 Å². The Balaban J connectivity index is 1.55. The summed E-state index contributed by atoms with van der Waals surface area (Å²) in [6, 6.07) is 7.50. The van der Waals surface area contributed by atoms with E-state index in [-0.39, 0.29) is 17.7 Å². The summed E-state index contributed by atoms with van der Waals surface area (Å²) in [5.74, 6) is 0.0805. The number of benzene rings is 1. The Kier molecular flexibility index (Phi) is 4.44. The molecule has 1 saturated heterocycles.